The van der Waals surface area contributed by atoms with Gasteiger partial charge in [-0.2, -0.15) is 0 Å². The minimum absolute atomic E-state index is 0.138. The maximum atomic E-state index is 12.1. The Morgan fingerprint density at radius 1 is 1.21 bits per heavy atom. The number of hydrogen-bond acceptors (Lipinski definition) is 3. The number of rotatable bonds is 5. The molecule has 102 valence electrons. The van der Waals surface area contributed by atoms with Gasteiger partial charge in [0.1, 0.15) is 0 Å². The Labute approximate surface area is 113 Å². The van der Waals surface area contributed by atoms with Crippen LogP contribution in [0.4, 0.5) is 0 Å². The predicted octanol–water partition coefficient (Wildman–Crippen LogP) is 1.14. The maximum Gasteiger partial charge on any atom is 0.234 e. The number of hydrogen-bond donors (Lipinski definition) is 1. The molecule has 1 atom stereocenters. The highest BCUT2D eigenvalue weighted by Gasteiger charge is 2.27. The van der Waals surface area contributed by atoms with Crippen LogP contribution in [-0.2, 0) is 16.0 Å². The summed E-state index contributed by atoms with van der Waals surface area (Å²) < 4.78 is 0. The van der Waals surface area contributed by atoms with Gasteiger partial charge in [0.15, 0.2) is 5.78 Å². The molecule has 0 radical (unpaired) electrons. The number of primary amides is 1. The lowest BCUT2D eigenvalue weighted by Gasteiger charge is -2.32. The summed E-state index contributed by atoms with van der Waals surface area (Å²) in [7, 11) is 0. The average molecular weight is 260 g/mol. The molecule has 1 aliphatic rings. The van der Waals surface area contributed by atoms with Crippen molar-refractivity contribution in [1.29, 1.82) is 0 Å². The van der Waals surface area contributed by atoms with Crippen molar-refractivity contribution in [3.05, 3.63) is 35.9 Å². The molecule has 1 saturated heterocycles. The molecule has 1 amide bonds. The first-order chi connectivity index (χ1) is 9.16. The number of carbonyl (C=O) groups excluding carboxylic acids is 2. The highest BCUT2D eigenvalue weighted by molar-refractivity contribution is 5.85. The summed E-state index contributed by atoms with van der Waals surface area (Å²) in [6.07, 6.45) is 3.23. The highest BCUT2D eigenvalue weighted by Crippen LogP contribution is 2.16. The smallest absolute Gasteiger partial charge is 0.234 e. The van der Waals surface area contributed by atoms with Gasteiger partial charge in [0, 0.05) is 6.42 Å². The molecule has 1 aliphatic heterocycles. The minimum Gasteiger partial charge on any atom is -0.368 e. The fourth-order valence-electron chi connectivity index (χ4n) is 2.61. The van der Waals surface area contributed by atoms with E-state index in [1.807, 2.05) is 35.2 Å². The molecular formula is C15H20N2O2. The standard InChI is InChI=1S/C15H20N2O2/c16-15(19)14-8-4-5-9-17(14)11-13(18)10-12-6-2-1-3-7-12/h1-3,6-7,14H,4-5,8-11H2,(H2,16,19). The molecule has 1 heterocycles. The van der Waals surface area contributed by atoms with Crippen LogP contribution in [0.15, 0.2) is 30.3 Å². The Morgan fingerprint density at radius 2 is 1.95 bits per heavy atom. The number of amides is 1. The predicted molar refractivity (Wildman–Crippen MR) is 73.6 cm³/mol. The molecule has 0 aliphatic carbocycles. The molecule has 0 bridgehead atoms. The first-order valence-corrected chi connectivity index (χ1v) is 6.76. The Balaban J connectivity index is 1.92. The molecule has 19 heavy (non-hydrogen) atoms. The van der Waals surface area contributed by atoms with Crippen LogP contribution >= 0.6 is 0 Å². The number of nitrogens with two attached hydrogens (primary N) is 1. The number of ketones is 1. The van der Waals surface area contributed by atoms with Crippen LogP contribution in [0.25, 0.3) is 0 Å². The zero-order valence-electron chi connectivity index (χ0n) is 11.0. The number of benzene rings is 1. The van der Waals surface area contributed by atoms with Crippen LogP contribution in [0.2, 0.25) is 0 Å². The van der Waals surface area contributed by atoms with E-state index in [4.69, 9.17) is 5.73 Å². The molecule has 1 aromatic rings. The molecule has 4 nitrogen and oxygen atoms in total. The molecule has 0 aromatic heterocycles. The second-order valence-electron chi connectivity index (χ2n) is 5.09. The van der Waals surface area contributed by atoms with Crippen molar-refractivity contribution < 1.29 is 9.59 Å². The second kappa shape index (κ2) is 6.48. The Morgan fingerprint density at radius 3 is 2.63 bits per heavy atom. The van der Waals surface area contributed by atoms with E-state index in [-0.39, 0.29) is 17.7 Å². The summed E-state index contributed by atoms with van der Waals surface area (Å²) in [5.41, 5.74) is 6.41. The van der Waals surface area contributed by atoms with Gasteiger partial charge in [-0.3, -0.25) is 14.5 Å². The van der Waals surface area contributed by atoms with Gasteiger partial charge in [0.2, 0.25) is 5.91 Å². The second-order valence-corrected chi connectivity index (χ2v) is 5.09. The van der Waals surface area contributed by atoms with Crippen molar-refractivity contribution in [2.45, 2.75) is 31.7 Å². The number of piperidine rings is 1. The zero-order valence-corrected chi connectivity index (χ0v) is 11.0. The molecular weight excluding hydrogens is 240 g/mol. The highest BCUT2D eigenvalue weighted by atomic mass is 16.1. The first-order valence-electron chi connectivity index (χ1n) is 6.76. The summed E-state index contributed by atoms with van der Waals surface area (Å²) in [6.45, 7) is 1.11. The molecule has 2 rings (SSSR count). The van der Waals surface area contributed by atoms with Crippen LogP contribution in [0.3, 0.4) is 0 Å². The third kappa shape index (κ3) is 3.89. The third-order valence-corrected chi connectivity index (χ3v) is 3.57. The quantitative estimate of drug-likeness (QED) is 0.863. The number of Topliss-reactive ketones (excluding diaryl/α,β-unsaturated/α-hetero) is 1. The van der Waals surface area contributed by atoms with E-state index in [0.717, 1.165) is 31.4 Å². The summed E-state index contributed by atoms with van der Waals surface area (Å²) in [6, 6.07) is 9.40. The fourth-order valence-corrected chi connectivity index (χ4v) is 2.61. The average Bonchev–Trinajstić information content (AvgIpc) is 2.40. The van der Waals surface area contributed by atoms with Crippen molar-refractivity contribution in [2.75, 3.05) is 13.1 Å². The van der Waals surface area contributed by atoms with Gasteiger partial charge in [0.25, 0.3) is 0 Å². The van der Waals surface area contributed by atoms with Crippen molar-refractivity contribution in [2.24, 2.45) is 5.73 Å². The van der Waals surface area contributed by atoms with Crippen LogP contribution < -0.4 is 5.73 Å². The van der Waals surface area contributed by atoms with Crippen LogP contribution in [0, 0.1) is 0 Å². The number of carbonyl (C=O) groups is 2. The lowest BCUT2D eigenvalue weighted by Crippen LogP contribution is -2.49. The SMILES string of the molecule is NC(=O)C1CCCCN1CC(=O)Cc1ccccc1. The largest absolute Gasteiger partial charge is 0.368 e. The normalized spacial score (nSPS) is 20.1. The van der Waals surface area contributed by atoms with Crippen molar-refractivity contribution in [3.8, 4) is 0 Å². The Hall–Kier alpha value is -1.68. The van der Waals surface area contributed by atoms with Crippen LogP contribution in [-0.4, -0.2) is 35.7 Å². The van der Waals surface area contributed by atoms with E-state index in [0.29, 0.717) is 13.0 Å². The topological polar surface area (TPSA) is 63.4 Å². The van der Waals surface area contributed by atoms with Gasteiger partial charge in [-0.1, -0.05) is 36.8 Å². The van der Waals surface area contributed by atoms with E-state index >= 15 is 0 Å². The van der Waals surface area contributed by atoms with Gasteiger partial charge in [-0.15, -0.1) is 0 Å². The van der Waals surface area contributed by atoms with Crippen LogP contribution in [0.5, 0.6) is 0 Å². The lowest BCUT2D eigenvalue weighted by atomic mass is 10.0. The third-order valence-electron chi connectivity index (χ3n) is 3.57. The summed E-state index contributed by atoms with van der Waals surface area (Å²) in [4.78, 5) is 25.4. The van der Waals surface area contributed by atoms with Gasteiger partial charge >= 0.3 is 0 Å². The van der Waals surface area contributed by atoms with E-state index in [1.165, 1.54) is 0 Å². The van der Waals surface area contributed by atoms with Crippen molar-refractivity contribution >= 4 is 11.7 Å². The van der Waals surface area contributed by atoms with E-state index in [1.54, 1.807) is 0 Å². The van der Waals surface area contributed by atoms with E-state index < -0.39 is 0 Å². The maximum absolute atomic E-state index is 12.1. The van der Waals surface area contributed by atoms with Crippen molar-refractivity contribution in [3.63, 3.8) is 0 Å². The minimum atomic E-state index is -0.313. The van der Waals surface area contributed by atoms with Gasteiger partial charge < -0.3 is 5.73 Å². The monoisotopic (exact) mass is 260 g/mol. The van der Waals surface area contributed by atoms with Gasteiger partial charge in [-0.05, 0) is 24.9 Å². The van der Waals surface area contributed by atoms with Gasteiger partial charge in [-0.25, -0.2) is 0 Å². The Bertz CT molecular complexity index is 445. The molecule has 1 aromatic carbocycles. The zero-order chi connectivity index (χ0) is 13.7. The molecule has 1 unspecified atom stereocenters. The van der Waals surface area contributed by atoms with Gasteiger partial charge in [0.05, 0.1) is 12.6 Å². The molecule has 1 fully saturated rings. The molecule has 0 spiro atoms. The Kier molecular flexibility index (Phi) is 4.68. The van der Waals surface area contributed by atoms with Crippen LogP contribution in [0.1, 0.15) is 24.8 Å². The fraction of sp³-hybridized carbons (Fsp3) is 0.467. The van der Waals surface area contributed by atoms with Crippen molar-refractivity contribution in [1.82, 2.24) is 4.90 Å². The summed E-state index contributed by atoms with van der Waals surface area (Å²) >= 11 is 0. The number of likely N-dealkylation sites (tertiary alicyclic amines) is 1. The van der Waals surface area contributed by atoms with E-state index in [9.17, 15) is 9.59 Å². The summed E-state index contributed by atoms with van der Waals surface area (Å²) in [5.74, 6) is -0.174. The molecule has 4 heteroatoms. The first kappa shape index (κ1) is 13.7. The van der Waals surface area contributed by atoms with E-state index in [2.05, 4.69) is 0 Å². The summed E-state index contributed by atoms with van der Waals surface area (Å²) in [5, 5.41) is 0. The lowest BCUT2D eigenvalue weighted by molar-refractivity contribution is -0.127. The molecule has 2 N–H and O–H groups in total. The number of nitrogens with zero attached hydrogens (tertiary/aromatic N) is 1. The molecule has 0 saturated carbocycles.